The normalized spacial score (nSPS) is 32.9. The van der Waals surface area contributed by atoms with Crippen LogP contribution >= 0.6 is 0 Å². The molecule has 4 aliphatic rings. The summed E-state index contributed by atoms with van der Waals surface area (Å²) in [6.07, 6.45) is 3.96. The zero-order valence-electron chi connectivity index (χ0n) is 16.7. The summed E-state index contributed by atoms with van der Waals surface area (Å²) in [4.78, 5) is 39.7. The van der Waals surface area contributed by atoms with Crippen molar-refractivity contribution in [2.75, 3.05) is 36.8 Å². The maximum Gasteiger partial charge on any atom is 0.267 e. The van der Waals surface area contributed by atoms with Gasteiger partial charge in [0.25, 0.3) is 5.92 Å². The van der Waals surface area contributed by atoms with Gasteiger partial charge in [-0.15, -0.1) is 0 Å². The second-order valence-corrected chi connectivity index (χ2v) is 9.03. The van der Waals surface area contributed by atoms with E-state index in [9.17, 15) is 18.4 Å². The molecule has 4 atom stereocenters. The predicted molar refractivity (Wildman–Crippen MR) is 105 cm³/mol. The van der Waals surface area contributed by atoms with E-state index in [2.05, 4.69) is 14.9 Å². The van der Waals surface area contributed by atoms with Gasteiger partial charge in [0, 0.05) is 50.5 Å². The first-order valence-corrected chi connectivity index (χ1v) is 10.6. The fourth-order valence-electron chi connectivity index (χ4n) is 5.81. The van der Waals surface area contributed by atoms with E-state index in [0.29, 0.717) is 24.6 Å². The summed E-state index contributed by atoms with van der Waals surface area (Å²) in [6.45, 7) is 0.739. The van der Waals surface area contributed by atoms with Gasteiger partial charge in [-0.3, -0.25) is 9.59 Å². The van der Waals surface area contributed by atoms with Crippen LogP contribution in [0.25, 0.3) is 0 Å². The van der Waals surface area contributed by atoms with Crippen molar-refractivity contribution in [3.05, 3.63) is 12.4 Å². The monoisotopic (exact) mass is 420 g/mol. The third-order valence-corrected chi connectivity index (χ3v) is 7.07. The van der Waals surface area contributed by atoms with Crippen LogP contribution in [0.4, 0.5) is 20.4 Å². The first-order valence-electron chi connectivity index (χ1n) is 10.6. The number of carbonyl (C=O) groups is 2. The number of likely N-dealkylation sites (tertiary alicyclic amines) is 1. The number of aromatic nitrogens is 2. The summed E-state index contributed by atoms with van der Waals surface area (Å²) in [6, 6.07) is 0.986. The molecule has 5 rings (SSSR count). The van der Waals surface area contributed by atoms with E-state index in [4.69, 9.17) is 5.73 Å². The second-order valence-electron chi connectivity index (χ2n) is 9.03. The number of rotatable bonds is 2. The molecule has 5 heterocycles. The highest BCUT2D eigenvalue weighted by Crippen LogP contribution is 2.43. The van der Waals surface area contributed by atoms with E-state index in [1.807, 2.05) is 0 Å². The summed E-state index contributed by atoms with van der Waals surface area (Å²) >= 11 is 0. The van der Waals surface area contributed by atoms with Gasteiger partial charge in [0.15, 0.2) is 0 Å². The van der Waals surface area contributed by atoms with Gasteiger partial charge in [-0.25, -0.2) is 18.7 Å². The molecule has 30 heavy (non-hydrogen) atoms. The minimum Gasteiger partial charge on any atom is -0.384 e. The third kappa shape index (κ3) is 3.26. The van der Waals surface area contributed by atoms with Crippen molar-refractivity contribution in [2.45, 2.75) is 50.1 Å². The van der Waals surface area contributed by atoms with Crippen LogP contribution in [0.3, 0.4) is 0 Å². The molecule has 0 aromatic carbocycles. The predicted octanol–water partition coefficient (Wildman–Crippen LogP) is 1.13. The first-order chi connectivity index (χ1) is 14.3. The number of piperidine rings is 3. The SMILES string of the molecule is Nc1cc(N2C[C@H]3C[C@@H](C2)[C@H](C(=O)N2CCC(F)(F)C2)N2C(=O)CCC[C@@H]32)ncn1. The van der Waals surface area contributed by atoms with Gasteiger partial charge < -0.3 is 20.4 Å². The summed E-state index contributed by atoms with van der Waals surface area (Å²) in [7, 11) is 0. The van der Waals surface area contributed by atoms with Crippen molar-refractivity contribution >= 4 is 23.5 Å². The lowest BCUT2D eigenvalue weighted by Crippen LogP contribution is -2.68. The summed E-state index contributed by atoms with van der Waals surface area (Å²) < 4.78 is 27.6. The van der Waals surface area contributed by atoms with Crippen molar-refractivity contribution in [2.24, 2.45) is 11.8 Å². The van der Waals surface area contributed by atoms with Crippen LogP contribution in [0, 0.1) is 11.8 Å². The molecule has 4 fully saturated rings. The molecule has 4 saturated heterocycles. The highest BCUT2D eigenvalue weighted by molar-refractivity contribution is 5.89. The van der Waals surface area contributed by atoms with Crippen molar-refractivity contribution in [3.63, 3.8) is 0 Å². The second kappa shape index (κ2) is 7.02. The number of halogens is 2. The molecule has 162 valence electrons. The van der Waals surface area contributed by atoms with E-state index >= 15 is 0 Å². The molecule has 0 saturated carbocycles. The molecular weight excluding hydrogens is 394 g/mol. The Labute approximate surface area is 173 Å². The molecule has 2 bridgehead atoms. The maximum absolute atomic E-state index is 13.8. The molecule has 1 aromatic rings. The number of fused-ring (bicyclic) bond motifs is 4. The van der Waals surface area contributed by atoms with Crippen LogP contribution in [-0.4, -0.2) is 75.8 Å². The van der Waals surface area contributed by atoms with Gasteiger partial charge in [0.1, 0.15) is 24.0 Å². The molecule has 0 aliphatic carbocycles. The van der Waals surface area contributed by atoms with Crippen molar-refractivity contribution < 1.29 is 18.4 Å². The quantitative estimate of drug-likeness (QED) is 0.771. The smallest absolute Gasteiger partial charge is 0.267 e. The third-order valence-electron chi connectivity index (χ3n) is 7.07. The van der Waals surface area contributed by atoms with Gasteiger partial charge in [-0.2, -0.15) is 0 Å². The highest BCUT2D eigenvalue weighted by Gasteiger charge is 2.54. The molecule has 2 N–H and O–H groups in total. The van der Waals surface area contributed by atoms with Crippen LogP contribution in [0.2, 0.25) is 0 Å². The summed E-state index contributed by atoms with van der Waals surface area (Å²) in [5.74, 6) is -2.04. The van der Waals surface area contributed by atoms with Gasteiger partial charge in [0.2, 0.25) is 11.8 Å². The van der Waals surface area contributed by atoms with E-state index < -0.39 is 18.5 Å². The summed E-state index contributed by atoms with van der Waals surface area (Å²) in [5, 5.41) is 0. The Morgan fingerprint density at radius 1 is 1.23 bits per heavy atom. The fraction of sp³-hybridized carbons (Fsp3) is 0.700. The zero-order valence-corrected chi connectivity index (χ0v) is 16.7. The van der Waals surface area contributed by atoms with Crippen molar-refractivity contribution in [1.82, 2.24) is 19.8 Å². The molecule has 0 spiro atoms. The lowest BCUT2D eigenvalue weighted by Gasteiger charge is -2.56. The lowest BCUT2D eigenvalue weighted by atomic mass is 9.71. The average molecular weight is 420 g/mol. The number of nitrogens with two attached hydrogens (primary N) is 1. The maximum atomic E-state index is 13.8. The molecule has 1 aromatic heterocycles. The van der Waals surface area contributed by atoms with E-state index in [1.54, 1.807) is 11.0 Å². The molecule has 10 heteroatoms. The van der Waals surface area contributed by atoms with Gasteiger partial charge in [-0.05, 0) is 25.2 Å². The van der Waals surface area contributed by atoms with Gasteiger partial charge in [-0.1, -0.05) is 0 Å². The van der Waals surface area contributed by atoms with Crippen LogP contribution < -0.4 is 10.6 Å². The van der Waals surface area contributed by atoms with Crippen LogP contribution in [0.15, 0.2) is 12.4 Å². The zero-order chi connectivity index (χ0) is 21.0. The number of alkyl halides is 2. The highest BCUT2D eigenvalue weighted by atomic mass is 19.3. The van der Waals surface area contributed by atoms with E-state index in [1.165, 1.54) is 11.2 Å². The van der Waals surface area contributed by atoms with Crippen molar-refractivity contribution in [1.29, 1.82) is 0 Å². The molecular formula is C20H26F2N6O2. The van der Waals surface area contributed by atoms with Crippen LogP contribution in [0.1, 0.15) is 32.1 Å². The standard InChI is InChI=1S/C20H26F2N6O2/c21-20(22)4-5-26(10-20)19(30)18-13-6-12(14-2-1-3-17(29)28(14)18)8-27(9-13)16-7-15(23)24-11-25-16/h7,11-14,18H,1-6,8-10H2,(H2,23,24,25)/t12-,13+,14+,18-/m1/s1. The van der Waals surface area contributed by atoms with Crippen LogP contribution in [0.5, 0.6) is 0 Å². The minimum absolute atomic E-state index is 0.0232. The first kappa shape index (κ1) is 19.4. The van der Waals surface area contributed by atoms with E-state index in [0.717, 1.165) is 25.8 Å². The van der Waals surface area contributed by atoms with Crippen LogP contribution in [-0.2, 0) is 9.59 Å². The Morgan fingerprint density at radius 2 is 2.03 bits per heavy atom. The largest absolute Gasteiger partial charge is 0.384 e. The van der Waals surface area contributed by atoms with Gasteiger partial charge in [0.05, 0.1) is 6.54 Å². The van der Waals surface area contributed by atoms with Crippen molar-refractivity contribution in [3.8, 4) is 0 Å². The minimum atomic E-state index is -2.85. The Bertz CT molecular complexity index is 867. The molecule has 4 aliphatic heterocycles. The molecule has 0 radical (unpaired) electrons. The van der Waals surface area contributed by atoms with E-state index in [-0.39, 0.29) is 42.7 Å². The average Bonchev–Trinajstić information content (AvgIpc) is 3.08. The molecule has 0 unspecified atom stereocenters. The van der Waals surface area contributed by atoms with Gasteiger partial charge >= 0.3 is 0 Å². The Balaban J connectivity index is 1.46. The number of amides is 2. The number of anilines is 2. The molecule has 2 amide bonds. The fourth-order valence-corrected chi connectivity index (χ4v) is 5.81. The number of nitrogen functional groups attached to an aromatic ring is 1. The lowest BCUT2D eigenvalue weighted by molar-refractivity contribution is -0.161. The Hall–Kier alpha value is -2.52. The Morgan fingerprint density at radius 3 is 2.77 bits per heavy atom. The molecule has 8 nitrogen and oxygen atoms in total. The summed E-state index contributed by atoms with van der Waals surface area (Å²) in [5.41, 5.74) is 5.83. The number of nitrogens with zero attached hydrogens (tertiary/aromatic N) is 5. The Kier molecular flexibility index (Phi) is 4.55. The number of hydrogen-bond donors (Lipinski definition) is 1. The number of carbonyl (C=O) groups excluding carboxylic acids is 2. The number of hydrogen-bond acceptors (Lipinski definition) is 6. The topological polar surface area (TPSA) is 95.7 Å².